The molecule has 3 aromatic rings. The van der Waals surface area contributed by atoms with E-state index < -0.39 is 11.6 Å². The molecule has 0 radical (unpaired) electrons. The van der Waals surface area contributed by atoms with E-state index in [9.17, 15) is 9.59 Å². The van der Waals surface area contributed by atoms with Crippen LogP contribution >= 0.6 is 0 Å². The molecule has 0 aliphatic heterocycles. The molecule has 1 atom stereocenters. The molecule has 0 spiro atoms. The lowest BCUT2D eigenvalue weighted by Gasteiger charge is -2.15. The molecule has 3 N–H and O–H groups in total. The Hall–Kier alpha value is -3.29. The second kappa shape index (κ2) is 6.68. The Bertz CT molecular complexity index is 940. The van der Waals surface area contributed by atoms with Gasteiger partial charge in [-0.15, -0.1) is 0 Å². The summed E-state index contributed by atoms with van der Waals surface area (Å²) in [6.45, 7) is 3.59. The van der Waals surface area contributed by atoms with Gasteiger partial charge in [-0.1, -0.05) is 0 Å². The summed E-state index contributed by atoms with van der Waals surface area (Å²) in [6.07, 6.45) is 1.52. The molecule has 0 unspecified atom stereocenters. The van der Waals surface area contributed by atoms with E-state index in [1.54, 1.807) is 38.1 Å². The van der Waals surface area contributed by atoms with E-state index in [4.69, 9.17) is 14.6 Å². The van der Waals surface area contributed by atoms with Crippen LogP contribution in [0.2, 0.25) is 0 Å². The van der Waals surface area contributed by atoms with Crippen LogP contribution in [-0.4, -0.2) is 15.7 Å². The zero-order chi connectivity index (χ0) is 18.0. The fraction of sp³-hybridized carbons (Fsp3) is 0.235. The number of furan rings is 2. The van der Waals surface area contributed by atoms with Crippen molar-refractivity contribution in [1.82, 2.24) is 15.1 Å². The summed E-state index contributed by atoms with van der Waals surface area (Å²) in [4.78, 5) is 24.6. The van der Waals surface area contributed by atoms with Gasteiger partial charge in [0.2, 0.25) is 5.91 Å². The van der Waals surface area contributed by atoms with Crippen molar-refractivity contribution in [2.45, 2.75) is 26.4 Å². The Kier molecular flexibility index (Phi) is 4.42. The topological polar surface area (TPSA) is 116 Å². The Balaban J connectivity index is 1.86. The van der Waals surface area contributed by atoms with E-state index in [2.05, 4.69) is 10.4 Å². The number of carbonyl (C=O) groups excluding carboxylic acids is 1. The lowest BCUT2D eigenvalue weighted by molar-refractivity contribution is -0.124. The van der Waals surface area contributed by atoms with Crippen LogP contribution in [0.15, 0.2) is 50.2 Å². The number of nitrogens with two attached hydrogens (primary N) is 1. The standard InChI is InChI=1S/C17H18N4O4/c1-10-5-6-15(25-10)14-8-13(18)17(23)21(20-14)11(2)16(22)19-9-12-4-3-7-24-12/h3-8,11H,9,18H2,1-2H3,(H,19,22)/t11-/m1/s1. The third kappa shape index (κ3) is 3.47. The molecular formula is C17H18N4O4. The van der Waals surface area contributed by atoms with E-state index >= 15 is 0 Å². The van der Waals surface area contributed by atoms with Crippen molar-refractivity contribution < 1.29 is 13.6 Å². The van der Waals surface area contributed by atoms with Gasteiger partial charge in [0.15, 0.2) is 5.76 Å². The van der Waals surface area contributed by atoms with E-state index in [1.165, 1.54) is 12.3 Å². The SMILES string of the molecule is Cc1ccc(-c2cc(N)c(=O)n([C@H](C)C(=O)NCc3ccco3)n2)o1. The average Bonchev–Trinajstić information content (AvgIpc) is 3.26. The summed E-state index contributed by atoms with van der Waals surface area (Å²) in [5, 5.41) is 6.93. The molecule has 1 amide bonds. The minimum atomic E-state index is -0.847. The number of anilines is 1. The molecule has 0 bridgehead atoms. The molecule has 3 aromatic heterocycles. The zero-order valence-corrected chi connectivity index (χ0v) is 13.9. The number of carbonyl (C=O) groups is 1. The molecule has 8 nitrogen and oxygen atoms in total. The lowest BCUT2D eigenvalue weighted by Crippen LogP contribution is -2.37. The molecule has 3 heterocycles. The first-order chi connectivity index (χ1) is 12.0. The van der Waals surface area contributed by atoms with Gasteiger partial charge in [-0.2, -0.15) is 5.10 Å². The number of nitrogen functional groups attached to an aromatic ring is 1. The van der Waals surface area contributed by atoms with Crippen LogP contribution in [0.25, 0.3) is 11.5 Å². The molecule has 8 heteroatoms. The van der Waals surface area contributed by atoms with Crippen molar-refractivity contribution in [1.29, 1.82) is 0 Å². The van der Waals surface area contributed by atoms with E-state index in [1.807, 2.05) is 0 Å². The largest absolute Gasteiger partial charge is 0.467 e. The van der Waals surface area contributed by atoms with Crippen molar-refractivity contribution in [2.24, 2.45) is 0 Å². The van der Waals surface area contributed by atoms with Crippen LogP contribution in [0.5, 0.6) is 0 Å². The molecule has 0 saturated carbocycles. The Morgan fingerprint density at radius 3 is 2.84 bits per heavy atom. The van der Waals surface area contributed by atoms with Gasteiger partial charge in [-0.3, -0.25) is 9.59 Å². The predicted molar refractivity (Wildman–Crippen MR) is 90.6 cm³/mol. The molecule has 0 fully saturated rings. The smallest absolute Gasteiger partial charge is 0.290 e. The Morgan fingerprint density at radius 1 is 1.40 bits per heavy atom. The summed E-state index contributed by atoms with van der Waals surface area (Å²) in [6, 6.07) is 7.57. The summed E-state index contributed by atoms with van der Waals surface area (Å²) in [5.41, 5.74) is 5.63. The number of nitrogens with zero attached hydrogens (tertiary/aromatic N) is 2. The molecule has 0 aliphatic carbocycles. The summed E-state index contributed by atoms with van der Waals surface area (Å²) in [7, 11) is 0. The highest BCUT2D eigenvalue weighted by Gasteiger charge is 2.20. The molecule has 0 saturated heterocycles. The highest BCUT2D eigenvalue weighted by molar-refractivity contribution is 5.79. The second-order valence-corrected chi connectivity index (χ2v) is 5.62. The minimum absolute atomic E-state index is 0.00950. The van der Waals surface area contributed by atoms with Crippen molar-refractivity contribution >= 4 is 11.6 Å². The number of amides is 1. The number of aromatic nitrogens is 2. The monoisotopic (exact) mass is 342 g/mol. The van der Waals surface area contributed by atoms with E-state index in [-0.39, 0.29) is 18.1 Å². The van der Waals surface area contributed by atoms with Gasteiger partial charge in [0.1, 0.15) is 28.9 Å². The third-order valence-electron chi connectivity index (χ3n) is 3.72. The van der Waals surface area contributed by atoms with Crippen LogP contribution < -0.4 is 16.6 Å². The van der Waals surface area contributed by atoms with Gasteiger partial charge in [0.05, 0.1) is 12.8 Å². The maximum Gasteiger partial charge on any atom is 0.290 e. The molecule has 0 aromatic carbocycles. The van der Waals surface area contributed by atoms with Crippen molar-refractivity contribution in [3.8, 4) is 11.5 Å². The number of rotatable bonds is 5. The van der Waals surface area contributed by atoms with Gasteiger partial charge in [-0.05, 0) is 44.2 Å². The number of hydrogen-bond acceptors (Lipinski definition) is 6. The fourth-order valence-corrected chi connectivity index (χ4v) is 2.33. The zero-order valence-electron chi connectivity index (χ0n) is 13.9. The first kappa shape index (κ1) is 16.6. The first-order valence-corrected chi connectivity index (χ1v) is 7.72. The number of aryl methyl sites for hydroxylation is 1. The van der Waals surface area contributed by atoms with Crippen molar-refractivity contribution in [2.75, 3.05) is 5.73 Å². The van der Waals surface area contributed by atoms with Gasteiger partial charge < -0.3 is 19.9 Å². The third-order valence-corrected chi connectivity index (χ3v) is 3.72. The maximum absolute atomic E-state index is 12.3. The van der Waals surface area contributed by atoms with E-state index in [0.717, 1.165) is 4.68 Å². The second-order valence-electron chi connectivity index (χ2n) is 5.62. The molecule has 3 rings (SSSR count). The normalized spacial score (nSPS) is 12.1. The van der Waals surface area contributed by atoms with Crippen LogP contribution in [0, 0.1) is 6.92 Å². The van der Waals surface area contributed by atoms with E-state index in [0.29, 0.717) is 23.0 Å². The fourth-order valence-electron chi connectivity index (χ4n) is 2.33. The Labute approximate surface area is 143 Å². The van der Waals surface area contributed by atoms with Gasteiger partial charge in [0.25, 0.3) is 5.56 Å². The first-order valence-electron chi connectivity index (χ1n) is 7.72. The molecular weight excluding hydrogens is 324 g/mol. The Morgan fingerprint density at radius 2 is 2.20 bits per heavy atom. The van der Waals surface area contributed by atoms with Crippen LogP contribution in [0.4, 0.5) is 5.69 Å². The molecule has 0 aliphatic rings. The number of hydrogen-bond donors (Lipinski definition) is 2. The maximum atomic E-state index is 12.3. The van der Waals surface area contributed by atoms with Crippen LogP contribution in [0.3, 0.4) is 0 Å². The van der Waals surface area contributed by atoms with Crippen molar-refractivity contribution in [3.05, 3.63) is 58.5 Å². The number of nitrogens with one attached hydrogen (secondary N) is 1. The van der Waals surface area contributed by atoms with Crippen LogP contribution in [0.1, 0.15) is 24.5 Å². The summed E-state index contributed by atoms with van der Waals surface area (Å²) in [5.74, 6) is 1.41. The minimum Gasteiger partial charge on any atom is -0.467 e. The van der Waals surface area contributed by atoms with Gasteiger partial charge >= 0.3 is 0 Å². The summed E-state index contributed by atoms with van der Waals surface area (Å²) < 4.78 is 11.7. The van der Waals surface area contributed by atoms with Gasteiger partial charge in [-0.25, -0.2) is 4.68 Å². The molecule has 130 valence electrons. The highest BCUT2D eigenvalue weighted by atomic mass is 16.3. The predicted octanol–water partition coefficient (Wildman–Crippen LogP) is 1.86. The quantitative estimate of drug-likeness (QED) is 0.731. The summed E-state index contributed by atoms with van der Waals surface area (Å²) >= 11 is 0. The highest BCUT2D eigenvalue weighted by Crippen LogP contribution is 2.20. The van der Waals surface area contributed by atoms with Gasteiger partial charge in [0, 0.05) is 0 Å². The lowest BCUT2D eigenvalue weighted by atomic mass is 10.2. The molecule has 25 heavy (non-hydrogen) atoms. The van der Waals surface area contributed by atoms with Crippen molar-refractivity contribution in [3.63, 3.8) is 0 Å². The average molecular weight is 342 g/mol. The van der Waals surface area contributed by atoms with Crippen LogP contribution in [-0.2, 0) is 11.3 Å².